The van der Waals surface area contributed by atoms with Crippen LogP contribution in [0.25, 0.3) is 0 Å². The summed E-state index contributed by atoms with van der Waals surface area (Å²) in [5.74, 6) is 0. The molecule has 0 heterocycles. The Morgan fingerprint density at radius 3 is 2.32 bits per heavy atom. The van der Waals surface area contributed by atoms with Gasteiger partial charge in [-0.15, -0.1) is 0 Å². The molecule has 0 radical (unpaired) electrons. The van der Waals surface area contributed by atoms with Crippen molar-refractivity contribution in [2.24, 2.45) is 0 Å². The minimum Gasteiger partial charge on any atom is -0.399 e. The first-order valence-corrected chi connectivity index (χ1v) is 7.80. The lowest BCUT2D eigenvalue weighted by molar-refractivity contribution is 0.601. The van der Waals surface area contributed by atoms with Crippen LogP contribution in [0, 0.1) is 6.92 Å². The molecule has 4 nitrogen and oxygen atoms in total. The van der Waals surface area contributed by atoms with Crippen LogP contribution in [0.15, 0.2) is 51.8 Å². The average Bonchev–Trinajstić information content (AvgIpc) is 2.33. The highest BCUT2D eigenvalue weighted by molar-refractivity contribution is 9.10. The van der Waals surface area contributed by atoms with Gasteiger partial charge in [-0.25, -0.2) is 8.42 Å². The third kappa shape index (κ3) is 3.27. The molecule has 0 amide bonds. The summed E-state index contributed by atoms with van der Waals surface area (Å²) in [6.07, 6.45) is 0. The number of halogens is 1. The van der Waals surface area contributed by atoms with Crippen LogP contribution in [0.3, 0.4) is 0 Å². The Labute approximate surface area is 120 Å². The van der Waals surface area contributed by atoms with Gasteiger partial charge in [0.1, 0.15) is 0 Å². The quantitative estimate of drug-likeness (QED) is 0.843. The molecule has 0 saturated heterocycles. The van der Waals surface area contributed by atoms with Gasteiger partial charge in [0.25, 0.3) is 10.0 Å². The number of nitrogens with two attached hydrogens (primary N) is 1. The van der Waals surface area contributed by atoms with Gasteiger partial charge in [-0.3, -0.25) is 4.72 Å². The summed E-state index contributed by atoms with van der Waals surface area (Å²) in [6, 6.07) is 11.5. The molecule has 2 aromatic rings. The Morgan fingerprint density at radius 2 is 1.74 bits per heavy atom. The summed E-state index contributed by atoms with van der Waals surface area (Å²) < 4.78 is 27.8. The molecule has 0 aliphatic carbocycles. The fourth-order valence-electron chi connectivity index (χ4n) is 1.62. The normalized spacial score (nSPS) is 11.3. The highest BCUT2D eigenvalue weighted by Crippen LogP contribution is 2.22. The standard InChI is InChI=1S/C13H13BrN2O2S/c1-9-8-11(15)4-7-13(9)16-19(17,18)12-5-2-10(14)3-6-12/h2-8,16H,15H2,1H3. The number of nitrogens with one attached hydrogen (secondary N) is 1. The van der Waals surface area contributed by atoms with Crippen molar-refractivity contribution in [3.8, 4) is 0 Å². The van der Waals surface area contributed by atoms with Gasteiger partial charge >= 0.3 is 0 Å². The Hall–Kier alpha value is -1.53. The van der Waals surface area contributed by atoms with E-state index in [0.29, 0.717) is 11.4 Å². The molecule has 6 heteroatoms. The molecule has 2 rings (SSSR count). The van der Waals surface area contributed by atoms with E-state index < -0.39 is 10.0 Å². The minimum absolute atomic E-state index is 0.215. The van der Waals surface area contributed by atoms with E-state index in [1.165, 1.54) is 0 Å². The molecule has 0 saturated carbocycles. The van der Waals surface area contributed by atoms with Gasteiger partial charge in [0, 0.05) is 10.2 Å². The Morgan fingerprint density at radius 1 is 1.11 bits per heavy atom. The van der Waals surface area contributed by atoms with Crippen molar-refractivity contribution < 1.29 is 8.42 Å². The molecule has 3 N–H and O–H groups in total. The van der Waals surface area contributed by atoms with E-state index in [9.17, 15) is 8.42 Å². The lowest BCUT2D eigenvalue weighted by Crippen LogP contribution is -2.13. The van der Waals surface area contributed by atoms with Gasteiger partial charge < -0.3 is 5.73 Å². The Kier molecular flexibility index (Phi) is 3.82. The molecule has 0 unspecified atom stereocenters. The van der Waals surface area contributed by atoms with Gasteiger partial charge in [0.2, 0.25) is 0 Å². The van der Waals surface area contributed by atoms with Gasteiger partial charge in [0.05, 0.1) is 10.6 Å². The van der Waals surface area contributed by atoms with Crippen LogP contribution in [0.2, 0.25) is 0 Å². The molecule has 0 fully saturated rings. The second-order valence-electron chi connectivity index (χ2n) is 4.13. The van der Waals surface area contributed by atoms with Crippen molar-refractivity contribution in [2.75, 3.05) is 10.5 Å². The zero-order valence-electron chi connectivity index (χ0n) is 10.2. The van der Waals surface area contributed by atoms with E-state index in [1.807, 2.05) is 0 Å². The van der Waals surface area contributed by atoms with Crippen LogP contribution < -0.4 is 10.5 Å². The van der Waals surface area contributed by atoms with E-state index >= 15 is 0 Å². The number of hydrogen-bond acceptors (Lipinski definition) is 3. The number of nitrogen functional groups attached to an aromatic ring is 1. The highest BCUT2D eigenvalue weighted by Gasteiger charge is 2.14. The van der Waals surface area contributed by atoms with Crippen molar-refractivity contribution >= 4 is 37.3 Å². The second kappa shape index (κ2) is 5.22. The summed E-state index contributed by atoms with van der Waals surface area (Å²) in [6.45, 7) is 1.80. The number of anilines is 2. The number of hydrogen-bond donors (Lipinski definition) is 2. The molecule has 0 aliphatic heterocycles. The first-order valence-electron chi connectivity index (χ1n) is 5.53. The first kappa shape index (κ1) is 13.9. The van der Waals surface area contributed by atoms with E-state index in [-0.39, 0.29) is 4.90 Å². The molecule has 0 spiro atoms. The molecular formula is C13H13BrN2O2S. The predicted molar refractivity (Wildman–Crippen MR) is 80.5 cm³/mol. The highest BCUT2D eigenvalue weighted by atomic mass is 79.9. The summed E-state index contributed by atoms with van der Waals surface area (Å²) in [4.78, 5) is 0.215. The summed E-state index contributed by atoms with van der Waals surface area (Å²) >= 11 is 3.27. The van der Waals surface area contributed by atoms with Crippen LogP contribution in [-0.2, 0) is 10.0 Å². The number of sulfonamides is 1. The van der Waals surface area contributed by atoms with Gasteiger partial charge in [0.15, 0.2) is 0 Å². The minimum atomic E-state index is -3.58. The lowest BCUT2D eigenvalue weighted by Gasteiger charge is -2.11. The Balaban J connectivity index is 2.33. The zero-order valence-corrected chi connectivity index (χ0v) is 12.6. The van der Waals surface area contributed by atoms with Crippen LogP contribution in [-0.4, -0.2) is 8.42 Å². The fraction of sp³-hybridized carbons (Fsp3) is 0.0769. The topological polar surface area (TPSA) is 72.2 Å². The van der Waals surface area contributed by atoms with E-state index in [0.717, 1.165) is 10.0 Å². The first-order chi connectivity index (χ1) is 8.88. The second-order valence-corrected chi connectivity index (χ2v) is 6.73. The van der Waals surface area contributed by atoms with Crippen molar-refractivity contribution in [1.82, 2.24) is 0 Å². The number of benzene rings is 2. The molecule has 100 valence electrons. The number of aryl methyl sites for hydroxylation is 1. The summed E-state index contributed by atoms with van der Waals surface area (Å²) in [5, 5.41) is 0. The van der Waals surface area contributed by atoms with Crippen molar-refractivity contribution in [3.63, 3.8) is 0 Å². The molecule has 0 aliphatic rings. The third-order valence-electron chi connectivity index (χ3n) is 2.62. The summed E-state index contributed by atoms with van der Waals surface area (Å²) in [5.41, 5.74) is 7.54. The third-order valence-corrected chi connectivity index (χ3v) is 4.53. The molecular weight excluding hydrogens is 328 g/mol. The van der Waals surface area contributed by atoms with Crippen LogP contribution in [0.1, 0.15) is 5.56 Å². The van der Waals surface area contributed by atoms with Crippen molar-refractivity contribution in [3.05, 3.63) is 52.5 Å². The predicted octanol–water partition coefficient (Wildman–Crippen LogP) is 3.14. The maximum atomic E-state index is 12.2. The summed E-state index contributed by atoms with van der Waals surface area (Å²) in [7, 11) is -3.58. The molecule has 0 aromatic heterocycles. The van der Waals surface area contributed by atoms with E-state index in [1.54, 1.807) is 49.4 Å². The van der Waals surface area contributed by atoms with E-state index in [4.69, 9.17) is 5.73 Å². The maximum Gasteiger partial charge on any atom is 0.261 e. The SMILES string of the molecule is Cc1cc(N)ccc1NS(=O)(=O)c1ccc(Br)cc1. The van der Waals surface area contributed by atoms with Crippen LogP contribution >= 0.6 is 15.9 Å². The van der Waals surface area contributed by atoms with Gasteiger partial charge in [-0.1, -0.05) is 15.9 Å². The maximum absolute atomic E-state index is 12.2. The lowest BCUT2D eigenvalue weighted by atomic mass is 10.2. The zero-order chi connectivity index (χ0) is 14.0. The van der Waals surface area contributed by atoms with Crippen LogP contribution in [0.4, 0.5) is 11.4 Å². The van der Waals surface area contributed by atoms with E-state index in [2.05, 4.69) is 20.7 Å². The van der Waals surface area contributed by atoms with Gasteiger partial charge in [-0.2, -0.15) is 0 Å². The smallest absolute Gasteiger partial charge is 0.261 e. The van der Waals surface area contributed by atoms with Crippen molar-refractivity contribution in [1.29, 1.82) is 0 Å². The molecule has 19 heavy (non-hydrogen) atoms. The Bertz CT molecular complexity index is 697. The largest absolute Gasteiger partial charge is 0.399 e. The monoisotopic (exact) mass is 340 g/mol. The molecule has 0 atom stereocenters. The molecule has 0 bridgehead atoms. The molecule has 2 aromatic carbocycles. The van der Waals surface area contributed by atoms with Gasteiger partial charge in [-0.05, 0) is 55.0 Å². The fourth-order valence-corrected chi connectivity index (χ4v) is 3.01. The van der Waals surface area contributed by atoms with Crippen LogP contribution in [0.5, 0.6) is 0 Å². The average molecular weight is 341 g/mol. The number of rotatable bonds is 3. The van der Waals surface area contributed by atoms with Crippen molar-refractivity contribution in [2.45, 2.75) is 11.8 Å².